The topological polar surface area (TPSA) is 92.2 Å². The standard InChI is InChI=1S/C14H15N3O3S2/c18-13(19)2-5-21-22-6-4-16-14(20)11-7-10-8-15-3-1-12(10)17-9-11/h1,3,7-9H,2,4-6H2,(H,16,20)(H,18,19). The second kappa shape index (κ2) is 8.60. The molecule has 116 valence electrons. The molecule has 0 radical (unpaired) electrons. The Kier molecular flexibility index (Phi) is 6.47. The highest BCUT2D eigenvalue weighted by atomic mass is 33.1. The number of carboxylic acids is 1. The third-order valence-corrected chi connectivity index (χ3v) is 5.11. The molecule has 0 aliphatic rings. The molecule has 0 aliphatic carbocycles. The number of hydrogen-bond donors (Lipinski definition) is 2. The van der Waals surface area contributed by atoms with Crippen LogP contribution in [0.1, 0.15) is 16.8 Å². The summed E-state index contributed by atoms with van der Waals surface area (Å²) in [5, 5.41) is 12.1. The number of carboxylic acid groups (broad SMARTS) is 1. The van der Waals surface area contributed by atoms with Crippen LogP contribution in [0, 0.1) is 0 Å². The Balaban J connectivity index is 1.73. The van der Waals surface area contributed by atoms with E-state index < -0.39 is 5.97 Å². The van der Waals surface area contributed by atoms with Gasteiger partial charge in [0, 0.05) is 42.0 Å². The van der Waals surface area contributed by atoms with E-state index in [1.165, 1.54) is 10.8 Å². The number of nitrogens with one attached hydrogen (secondary N) is 1. The summed E-state index contributed by atoms with van der Waals surface area (Å²) < 4.78 is 0. The fourth-order valence-electron chi connectivity index (χ4n) is 1.65. The van der Waals surface area contributed by atoms with Crippen molar-refractivity contribution >= 4 is 44.4 Å². The highest BCUT2D eigenvalue weighted by Crippen LogP contribution is 2.21. The molecule has 0 fully saturated rings. The Morgan fingerprint density at radius 1 is 1.23 bits per heavy atom. The van der Waals surface area contributed by atoms with E-state index in [2.05, 4.69) is 15.3 Å². The summed E-state index contributed by atoms with van der Waals surface area (Å²) in [6, 6.07) is 3.56. The van der Waals surface area contributed by atoms with E-state index in [1.54, 1.807) is 41.5 Å². The summed E-state index contributed by atoms with van der Waals surface area (Å²) in [7, 11) is 3.04. The van der Waals surface area contributed by atoms with Gasteiger partial charge in [-0.15, -0.1) is 0 Å². The average Bonchev–Trinajstić information content (AvgIpc) is 2.53. The Hall–Kier alpha value is -1.80. The first kappa shape index (κ1) is 16.6. The number of carbonyl (C=O) groups is 2. The number of nitrogens with zero attached hydrogens (tertiary/aromatic N) is 2. The maximum absolute atomic E-state index is 12.0. The molecular formula is C14H15N3O3S2. The molecule has 0 aliphatic heterocycles. The van der Waals surface area contributed by atoms with Crippen molar-refractivity contribution < 1.29 is 14.7 Å². The SMILES string of the molecule is O=C(O)CCSSCCNC(=O)c1cnc2ccncc2c1. The van der Waals surface area contributed by atoms with Crippen LogP contribution in [0.15, 0.2) is 30.7 Å². The van der Waals surface area contributed by atoms with Crippen molar-refractivity contribution in [1.82, 2.24) is 15.3 Å². The maximum Gasteiger partial charge on any atom is 0.304 e. The van der Waals surface area contributed by atoms with Gasteiger partial charge in [-0.1, -0.05) is 21.6 Å². The summed E-state index contributed by atoms with van der Waals surface area (Å²) in [5.74, 6) is 0.322. The Morgan fingerprint density at radius 2 is 2.05 bits per heavy atom. The Labute approximate surface area is 135 Å². The molecule has 0 atom stereocenters. The quantitative estimate of drug-likeness (QED) is 0.563. The van der Waals surface area contributed by atoms with E-state index in [0.29, 0.717) is 17.9 Å². The second-order valence-corrected chi connectivity index (χ2v) is 7.04. The summed E-state index contributed by atoms with van der Waals surface area (Å²) >= 11 is 0. The number of aromatic nitrogens is 2. The van der Waals surface area contributed by atoms with Crippen molar-refractivity contribution in [2.45, 2.75) is 6.42 Å². The molecular weight excluding hydrogens is 322 g/mol. The number of amides is 1. The summed E-state index contributed by atoms with van der Waals surface area (Å²) in [6.07, 6.45) is 5.04. The van der Waals surface area contributed by atoms with Crippen LogP contribution < -0.4 is 5.32 Å². The van der Waals surface area contributed by atoms with Gasteiger partial charge in [0.05, 0.1) is 17.5 Å². The predicted octanol–water partition coefficient (Wildman–Crippen LogP) is 2.22. The van der Waals surface area contributed by atoms with Gasteiger partial charge in [0.1, 0.15) is 0 Å². The lowest BCUT2D eigenvalue weighted by Gasteiger charge is -2.05. The van der Waals surface area contributed by atoms with Gasteiger partial charge in [0.15, 0.2) is 0 Å². The van der Waals surface area contributed by atoms with Crippen molar-refractivity contribution in [3.05, 3.63) is 36.3 Å². The maximum atomic E-state index is 12.0. The smallest absolute Gasteiger partial charge is 0.304 e. The zero-order valence-corrected chi connectivity index (χ0v) is 13.3. The van der Waals surface area contributed by atoms with Gasteiger partial charge in [-0.25, -0.2) is 0 Å². The fraction of sp³-hybridized carbons (Fsp3) is 0.286. The van der Waals surface area contributed by atoms with E-state index in [-0.39, 0.29) is 12.3 Å². The molecule has 1 amide bonds. The van der Waals surface area contributed by atoms with Crippen LogP contribution in [0.4, 0.5) is 0 Å². The average molecular weight is 337 g/mol. The highest BCUT2D eigenvalue weighted by Gasteiger charge is 2.06. The van der Waals surface area contributed by atoms with Crippen LogP contribution in [0.5, 0.6) is 0 Å². The van der Waals surface area contributed by atoms with Gasteiger partial charge < -0.3 is 10.4 Å². The Morgan fingerprint density at radius 3 is 2.86 bits per heavy atom. The second-order valence-electron chi connectivity index (χ2n) is 4.34. The zero-order chi connectivity index (χ0) is 15.8. The molecule has 22 heavy (non-hydrogen) atoms. The van der Waals surface area contributed by atoms with Gasteiger partial charge in [-0.3, -0.25) is 19.6 Å². The largest absolute Gasteiger partial charge is 0.481 e. The molecule has 2 heterocycles. The molecule has 6 nitrogen and oxygen atoms in total. The zero-order valence-electron chi connectivity index (χ0n) is 11.7. The molecule has 0 saturated carbocycles. The number of rotatable bonds is 8. The van der Waals surface area contributed by atoms with Crippen LogP contribution >= 0.6 is 21.6 Å². The van der Waals surface area contributed by atoms with Crippen molar-refractivity contribution in [1.29, 1.82) is 0 Å². The van der Waals surface area contributed by atoms with Gasteiger partial charge in [0.25, 0.3) is 5.91 Å². The van der Waals surface area contributed by atoms with Crippen LogP contribution in [0.25, 0.3) is 10.9 Å². The van der Waals surface area contributed by atoms with Crippen molar-refractivity contribution in [2.24, 2.45) is 0 Å². The molecule has 2 aromatic heterocycles. The summed E-state index contributed by atoms with van der Waals surface area (Å²) in [4.78, 5) is 30.6. The van der Waals surface area contributed by atoms with Crippen molar-refractivity contribution in [3.63, 3.8) is 0 Å². The molecule has 2 aromatic rings. The van der Waals surface area contributed by atoms with Crippen molar-refractivity contribution in [2.75, 3.05) is 18.1 Å². The van der Waals surface area contributed by atoms with E-state index in [1.807, 2.05) is 0 Å². The molecule has 0 saturated heterocycles. The number of pyridine rings is 2. The normalized spacial score (nSPS) is 10.5. The van der Waals surface area contributed by atoms with Gasteiger partial charge in [0.2, 0.25) is 0 Å². The summed E-state index contributed by atoms with van der Waals surface area (Å²) in [6.45, 7) is 0.522. The fourth-order valence-corrected chi connectivity index (χ4v) is 3.54. The monoisotopic (exact) mass is 337 g/mol. The lowest BCUT2D eigenvalue weighted by atomic mass is 10.2. The van der Waals surface area contributed by atoms with Crippen LogP contribution in [0.2, 0.25) is 0 Å². The molecule has 0 bridgehead atoms. The number of hydrogen-bond acceptors (Lipinski definition) is 6. The first-order valence-electron chi connectivity index (χ1n) is 6.61. The van der Waals surface area contributed by atoms with Gasteiger partial charge in [-0.05, 0) is 12.1 Å². The minimum absolute atomic E-state index is 0.154. The lowest BCUT2D eigenvalue weighted by molar-refractivity contribution is -0.136. The molecule has 0 spiro atoms. The molecule has 0 aromatic carbocycles. The third kappa shape index (κ3) is 5.19. The lowest BCUT2D eigenvalue weighted by Crippen LogP contribution is -2.25. The van der Waals surface area contributed by atoms with E-state index in [0.717, 1.165) is 16.7 Å². The van der Waals surface area contributed by atoms with E-state index in [9.17, 15) is 9.59 Å². The first-order valence-corrected chi connectivity index (χ1v) is 9.10. The molecule has 2 N–H and O–H groups in total. The Bertz CT molecular complexity index is 667. The van der Waals surface area contributed by atoms with E-state index in [4.69, 9.17) is 5.11 Å². The minimum atomic E-state index is -0.792. The van der Waals surface area contributed by atoms with E-state index >= 15 is 0 Å². The highest BCUT2D eigenvalue weighted by molar-refractivity contribution is 8.76. The predicted molar refractivity (Wildman–Crippen MR) is 89.0 cm³/mol. The molecule has 0 unspecified atom stereocenters. The molecule has 8 heteroatoms. The van der Waals surface area contributed by atoms with Gasteiger partial charge >= 0.3 is 5.97 Å². The first-order chi connectivity index (χ1) is 10.7. The summed E-state index contributed by atoms with van der Waals surface area (Å²) in [5.41, 5.74) is 1.31. The van der Waals surface area contributed by atoms with Gasteiger partial charge in [-0.2, -0.15) is 0 Å². The number of fused-ring (bicyclic) bond motifs is 1. The number of aliphatic carboxylic acids is 1. The van der Waals surface area contributed by atoms with Crippen molar-refractivity contribution in [3.8, 4) is 0 Å². The minimum Gasteiger partial charge on any atom is -0.481 e. The molecule has 2 rings (SSSR count). The van der Waals surface area contributed by atoms with Crippen LogP contribution in [-0.4, -0.2) is 45.0 Å². The third-order valence-electron chi connectivity index (χ3n) is 2.70. The van der Waals surface area contributed by atoms with Crippen LogP contribution in [0.3, 0.4) is 0 Å². The number of carbonyl (C=O) groups excluding carboxylic acids is 1. The van der Waals surface area contributed by atoms with Crippen LogP contribution in [-0.2, 0) is 4.79 Å².